The summed E-state index contributed by atoms with van der Waals surface area (Å²) in [5.74, 6) is -0.510. The van der Waals surface area contributed by atoms with Gasteiger partial charge in [-0.25, -0.2) is 13.4 Å². The van der Waals surface area contributed by atoms with E-state index in [4.69, 9.17) is 23.2 Å². The lowest BCUT2D eigenvalue weighted by Gasteiger charge is -2.26. The molecule has 5 aromatic rings. The lowest BCUT2D eigenvalue weighted by Crippen LogP contribution is -2.38. The Hall–Kier alpha value is -3.92. The number of aromatic nitrogens is 3. The molecule has 0 saturated carbocycles. The van der Waals surface area contributed by atoms with Crippen LogP contribution in [0.1, 0.15) is 11.1 Å². The van der Waals surface area contributed by atoms with E-state index in [-0.39, 0.29) is 15.2 Å². The third-order valence-corrected chi connectivity index (χ3v) is 8.92. The van der Waals surface area contributed by atoms with E-state index in [2.05, 4.69) is 15.3 Å². The fraction of sp³-hybridized carbons (Fsp3) is 0.107. The molecule has 0 spiro atoms. The average molecular weight is 580 g/mol. The molecule has 11 heteroatoms. The van der Waals surface area contributed by atoms with Crippen molar-refractivity contribution in [3.8, 4) is 5.69 Å². The first-order valence-electron chi connectivity index (χ1n) is 11.9. The van der Waals surface area contributed by atoms with Crippen LogP contribution in [0.15, 0.2) is 90.2 Å². The number of aryl methyl sites for hydroxylation is 1. The number of benzene rings is 3. The second-order valence-corrected chi connectivity index (χ2v) is 11.4. The number of para-hydroxylation sites is 1. The predicted octanol–water partition coefficient (Wildman–Crippen LogP) is 6.18. The van der Waals surface area contributed by atoms with Crippen molar-refractivity contribution in [2.24, 2.45) is 0 Å². The van der Waals surface area contributed by atoms with Crippen LogP contribution >= 0.6 is 23.2 Å². The van der Waals surface area contributed by atoms with Gasteiger partial charge in [0.05, 0.1) is 11.2 Å². The maximum atomic E-state index is 14.1. The van der Waals surface area contributed by atoms with Crippen LogP contribution in [0.4, 0.5) is 11.4 Å². The van der Waals surface area contributed by atoms with Gasteiger partial charge < -0.3 is 5.32 Å². The number of imidazole rings is 1. The van der Waals surface area contributed by atoms with Gasteiger partial charge in [-0.2, -0.15) is 0 Å². The number of rotatable bonds is 7. The van der Waals surface area contributed by atoms with Crippen molar-refractivity contribution >= 4 is 61.4 Å². The lowest BCUT2D eigenvalue weighted by atomic mass is 10.1. The van der Waals surface area contributed by atoms with Crippen LogP contribution in [0.5, 0.6) is 0 Å². The Morgan fingerprint density at radius 1 is 0.949 bits per heavy atom. The Bertz CT molecular complexity index is 1800. The zero-order valence-corrected chi connectivity index (χ0v) is 23.3. The number of fused-ring (bicyclic) bond motifs is 1. The topological polar surface area (TPSA) is 97.2 Å². The molecule has 0 radical (unpaired) electrons. The summed E-state index contributed by atoms with van der Waals surface area (Å²) in [6.45, 7) is 3.28. The van der Waals surface area contributed by atoms with Crippen molar-refractivity contribution in [1.29, 1.82) is 0 Å². The van der Waals surface area contributed by atoms with Crippen LogP contribution in [0.3, 0.4) is 0 Å². The minimum atomic E-state index is -4.18. The minimum absolute atomic E-state index is 0.0227. The fourth-order valence-electron chi connectivity index (χ4n) is 4.24. The van der Waals surface area contributed by atoms with E-state index in [0.29, 0.717) is 28.0 Å². The molecule has 1 N–H and O–H groups in total. The van der Waals surface area contributed by atoms with E-state index < -0.39 is 22.5 Å². The third kappa shape index (κ3) is 5.21. The zero-order valence-electron chi connectivity index (χ0n) is 21.0. The number of pyridine rings is 1. The van der Waals surface area contributed by atoms with Crippen LogP contribution in [-0.4, -0.2) is 35.4 Å². The number of hydrogen-bond donors (Lipinski definition) is 1. The molecule has 0 unspecified atom stereocenters. The lowest BCUT2D eigenvalue weighted by molar-refractivity contribution is -0.114. The first-order chi connectivity index (χ1) is 18.7. The molecule has 0 aliphatic carbocycles. The number of halogens is 2. The van der Waals surface area contributed by atoms with Crippen LogP contribution in [-0.2, 0) is 14.8 Å². The summed E-state index contributed by atoms with van der Waals surface area (Å²) >= 11 is 12.1. The van der Waals surface area contributed by atoms with E-state index in [1.165, 1.54) is 12.4 Å². The number of nitrogens with one attached hydrogen (secondary N) is 1. The van der Waals surface area contributed by atoms with Crippen molar-refractivity contribution in [2.45, 2.75) is 18.7 Å². The van der Waals surface area contributed by atoms with Crippen molar-refractivity contribution < 1.29 is 13.2 Å². The van der Waals surface area contributed by atoms with Crippen molar-refractivity contribution in [1.82, 2.24) is 14.5 Å². The van der Waals surface area contributed by atoms with Crippen LogP contribution < -0.4 is 9.62 Å². The largest absolute Gasteiger partial charge is 0.325 e. The van der Waals surface area contributed by atoms with Crippen molar-refractivity contribution in [2.75, 3.05) is 16.2 Å². The van der Waals surface area contributed by atoms with Gasteiger partial charge in [-0.05, 0) is 67.4 Å². The van der Waals surface area contributed by atoms with Gasteiger partial charge in [-0.3, -0.25) is 18.7 Å². The van der Waals surface area contributed by atoms with Crippen molar-refractivity contribution in [3.05, 3.63) is 107 Å². The quantitative estimate of drug-likeness (QED) is 0.248. The maximum Gasteiger partial charge on any atom is 0.266 e. The summed E-state index contributed by atoms with van der Waals surface area (Å²) in [7, 11) is -4.18. The monoisotopic (exact) mass is 579 g/mol. The summed E-state index contributed by atoms with van der Waals surface area (Å²) < 4.78 is 30.9. The van der Waals surface area contributed by atoms with Gasteiger partial charge in [0.2, 0.25) is 5.91 Å². The minimum Gasteiger partial charge on any atom is -0.325 e. The molecule has 2 heterocycles. The second kappa shape index (κ2) is 10.7. The normalized spacial score (nSPS) is 11.5. The molecule has 0 aliphatic rings. The van der Waals surface area contributed by atoms with Gasteiger partial charge in [0.25, 0.3) is 10.0 Å². The summed E-state index contributed by atoms with van der Waals surface area (Å²) in [6.07, 6.45) is 3.04. The number of amides is 1. The van der Waals surface area contributed by atoms with E-state index in [9.17, 15) is 13.2 Å². The Morgan fingerprint density at radius 2 is 1.67 bits per heavy atom. The molecule has 0 bridgehead atoms. The van der Waals surface area contributed by atoms with Crippen LogP contribution in [0.2, 0.25) is 10.3 Å². The third-order valence-electron chi connectivity index (χ3n) is 6.39. The molecule has 5 rings (SSSR count). The van der Waals surface area contributed by atoms with E-state index in [1.807, 2.05) is 19.9 Å². The Morgan fingerprint density at radius 3 is 2.38 bits per heavy atom. The van der Waals surface area contributed by atoms with Gasteiger partial charge in [0, 0.05) is 23.0 Å². The number of carbonyl (C=O) groups is 1. The highest BCUT2D eigenvalue weighted by Gasteiger charge is 2.30. The second-order valence-electron chi connectivity index (χ2n) is 8.85. The zero-order chi connectivity index (χ0) is 27.7. The Balaban J connectivity index is 1.48. The molecule has 0 fully saturated rings. The predicted molar refractivity (Wildman–Crippen MR) is 154 cm³/mol. The SMILES string of the molecule is Cc1cccc(N(CC(=O)Nc2ccc(-n3cnc(Cl)c3Cl)cc2)S(=O)(=O)c2cccc3cccnc23)c1C. The van der Waals surface area contributed by atoms with Crippen LogP contribution in [0, 0.1) is 13.8 Å². The molecular formula is C28H23Cl2N5O3S. The first-order valence-corrected chi connectivity index (χ1v) is 14.1. The molecule has 2 aromatic heterocycles. The number of nitrogens with zero attached hydrogens (tertiary/aromatic N) is 4. The van der Waals surface area contributed by atoms with Gasteiger partial charge in [-0.15, -0.1) is 0 Å². The molecule has 198 valence electrons. The Labute approximate surface area is 235 Å². The van der Waals surface area contributed by atoms with E-state index >= 15 is 0 Å². The Kier molecular flexibility index (Phi) is 7.31. The number of carbonyl (C=O) groups excluding carboxylic acids is 1. The molecule has 0 saturated heterocycles. The maximum absolute atomic E-state index is 14.1. The molecule has 39 heavy (non-hydrogen) atoms. The van der Waals surface area contributed by atoms with Gasteiger partial charge in [-0.1, -0.05) is 53.5 Å². The molecular weight excluding hydrogens is 557 g/mol. The smallest absolute Gasteiger partial charge is 0.266 e. The number of sulfonamides is 1. The molecule has 0 atom stereocenters. The highest BCUT2D eigenvalue weighted by molar-refractivity contribution is 7.93. The van der Waals surface area contributed by atoms with Crippen LogP contribution in [0.25, 0.3) is 16.6 Å². The summed E-state index contributed by atoms with van der Waals surface area (Å²) in [6, 6.07) is 20.7. The molecule has 8 nitrogen and oxygen atoms in total. The highest BCUT2D eigenvalue weighted by atomic mass is 35.5. The standard InChI is InChI=1S/C28H23Cl2N5O3S/c1-18-6-3-9-23(19(18)2)35(39(37,38)24-10-4-7-20-8-5-15-31-26(20)24)16-25(36)33-21-11-13-22(14-12-21)34-17-32-27(29)28(34)30/h3-15,17H,16H2,1-2H3,(H,33,36). The average Bonchev–Trinajstić information content (AvgIpc) is 3.27. The van der Waals surface area contributed by atoms with Gasteiger partial charge in [0.15, 0.2) is 10.3 Å². The molecule has 1 amide bonds. The fourth-order valence-corrected chi connectivity index (χ4v) is 6.21. The van der Waals surface area contributed by atoms with Gasteiger partial charge in [0.1, 0.15) is 17.8 Å². The highest BCUT2D eigenvalue weighted by Crippen LogP contribution is 2.31. The van der Waals surface area contributed by atoms with E-state index in [1.54, 1.807) is 71.4 Å². The summed E-state index contributed by atoms with van der Waals surface area (Å²) in [5, 5.41) is 3.93. The number of hydrogen-bond acceptors (Lipinski definition) is 5. The van der Waals surface area contributed by atoms with E-state index in [0.717, 1.165) is 15.4 Å². The number of anilines is 2. The van der Waals surface area contributed by atoms with Gasteiger partial charge >= 0.3 is 0 Å². The van der Waals surface area contributed by atoms with Crippen molar-refractivity contribution in [3.63, 3.8) is 0 Å². The summed E-state index contributed by atoms with van der Waals surface area (Å²) in [4.78, 5) is 21.6. The first kappa shape index (κ1) is 26.7. The summed E-state index contributed by atoms with van der Waals surface area (Å²) in [5.41, 5.74) is 3.58. The molecule has 3 aromatic carbocycles. The molecule has 0 aliphatic heterocycles.